The Labute approximate surface area is 110 Å². The lowest BCUT2D eigenvalue weighted by Gasteiger charge is -2.21. The van der Waals surface area contributed by atoms with Gasteiger partial charge >= 0.3 is 0 Å². The molecule has 1 N–H and O–H groups in total. The van der Waals surface area contributed by atoms with E-state index in [1.807, 2.05) is 0 Å². The summed E-state index contributed by atoms with van der Waals surface area (Å²) >= 11 is 0. The normalized spacial score (nSPS) is 34.6. The van der Waals surface area contributed by atoms with E-state index < -0.39 is 10.0 Å². The van der Waals surface area contributed by atoms with Crippen molar-refractivity contribution in [3.8, 4) is 0 Å². The summed E-state index contributed by atoms with van der Waals surface area (Å²) in [5.74, 6) is 0.365. The highest BCUT2D eigenvalue weighted by Crippen LogP contribution is 2.21. The predicted molar refractivity (Wildman–Crippen MR) is 70.9 cm³/mol. The van der Waals surface area contributed by atoms with Crippen LogP contribution in [0.15, 0.2) is 0 Å². The molecule has 0 saturated carbocycles. The van der Waals surface area contributed by atoms with Gasteiger partial charge in [-0.2, -0.15) is 0 Å². The Morgan fingerprint density at radius 2 is 2.06 bits per heavy atom. The average Bonchev–Trinajstić information content (AvgIpc) is 2.88. The molecule has 2 saturated heterocycles. The van der Waals surface area contributed by atoms with Crippen molar-refractivity contribution in [2.75, 3.05) is 26.3 Å². The van der Waals surface area contributed by atoms with Gasteiger partial charge in [0.2, 0.25) is 10.0 Å². The fourth-order valence-electron chi connectivity index (χ4n) is 2.64. The molecule has 0 aromatic carbocycles. The molecule has 18 heavy (non-hydrogen) atoms. The molecule has 2 aliphatic heterocycles. The van der Waals surface area contributed by atoms with Crippen LogP contribution in [0.1, 0.15) is 27.2 Å². The van der Waals surface area contributed by atoms with E-state index in [-0.39, 0.29) is 11.3 Å². The summed E-state index contributed by atoms with van der Waals surface area (Å²) in [4.78, 5) is 2.32. The molecule has 0 unspecified atom stereocenters. The molecule has 2 aliphatic rings. The van der Waals surface area contributed by atoms with Gasteiger partial charge in [0.1, 0.15) is 5.25 Å². The Balaban J connectivity index is 1.97. The van der Waals surface area contributed by atoms with Gasteiger partial charge in [-0.1, -0.05) is 6.92 Å². The zero-order valence-electron chi connectivity index (χ0n) is 11.4. The van der Waals surface area contributed by atoms with Gasteiger partial charge in [0.15, 0.2) is 0 Å². The molecular weight excluding hydrogens is 252 g/mol. The maximum Gasteiger partial charge on any atom is 0.217 e. The Kier molecular flexibility index (Phi) is 4.31. The molecule has 2 heterocycles. The molecule has 2 fully saturated rings. The van der Waals surface area contributed by atoms with Crippen molar-refractivity contribution in [1.82, 2.24) is 9.62 Å². The number of hydrogen-bond acceptors (Lipinski definition) is 4. The van der Waals surface area contributed by atoms with E-state index >= 15 is 0 Å². The molecule has 0 aliphatic carbocycles. The quantitative estimate of drug-likeness (QED) is 0.808. The van der Waals surface area contributed by atoms with E-state index in [1.165, 1.54) is 0 Å². The highest BCUT2D eigenvalue weighted by molar-refractivity contribution is 7.90. The van der Waals surface area contributed by atoms with Crippen LogP contribution in [0.2, 0.25) is 0 Å². The molecule has 3 atom stereocenters. The lowest BCUT2D eigenvalue weighted by Crippen LogP contribution is -2.45. The zero-order chi connectivity index (χ0) is 13.3. The van der Waals surface area contributed by atoms with Crippen LogP contribution in [0.4, 0.5) is 0 Å². The highest BCUT2D eigenvalue weighted by atomic mass is 32.2. The van der Waals surface area contributed by atoms with Crippen LogP contribution in [-0.4, -0.2) is 57.0 Å². The molecule has 6 heteroatoms. The number of hydrogen-bond donors (Lipinski definition) is 1. The lowest BCUT2D eigenvalue weighted by molar-refractivity contribution is 0.198. The number of rotatable bonds is 4. The van der Waals surface area contributed by atoms with Gasteiger partial charge < -0.3 is 4.74 Å². The summed E-state index contributed by atoms with van der Waals surface area (Å²) in [6.45, 7) is 9.08. The average molecular weight is 276 g/mol. The van der Waals surface area contributed by atoms with Crippen LogP contribution in [0.25, 0.3) is 0 Å². The van der Waals surface area contributed by atoms with Gasteiger partial charge in [0, 0.05) is 31.8 Å². The topological polar surface area (TPSA) is 58.6 Å². The molecule has 2 rings (SSSR count). The van der Waals surface area contributed by atoms with Crippen molar-refractivity contribution in [3.05, 3.63) is 0 Å². The monoisotopic (exact) mass is 276 g/mol. The summed E-state index contributed by atoms with van der Waals surface area (Å²) in [6.07, 6.45) is 0.615. The van der Waals surface area contributed by atoms with Crippen LogP contribution >= 0.6 is 0 Å². The van der Waals surface area contributed by atoms with Crippen molar-refractivity contribution in [2.45, 2.75) is 44.5 Å². The number of sulfonamides is 1. The Morgan fingerprint density at radius 3 is 2.56 bits per heavy atom. The second kappa shape index (κ2) is 5.45. The molecule has 0 aromatic heterocycles. The first kappa shape index (κ1) is 14.2. The van der Waals surface area contributed by atoms with Gasteiger partial charge in [0.05, 0.1) is 6.61 Å². The third kappa shape index (κ3) is 3.04. The third-order valence-corrected chi connectivity index (χ3v) is 5.89. The minimum Gasteiger partial charge on any atom is -0.380 e. The Hall–Kier alpha value is -0.170. The smallest absolute Gasteiger partial charge is 0.217 e. The van der Waals surface area contributed by atoms with Crippen LogP contribution in [0.5, 0.6) is 0 Å². The standard InChI is InChI=1S/C12H24N2O3S/c1-9(2)14-6-10(3)12(7-14)13-18(15,16)11-4-5-17-8-11/h9-13H,4-8H2,1-3H3/t10-,11-,12-/m1/s1. The van der Waals surface area contributed by atoms with Crippen molar-refractivity contribution in [1.29, 1.82) is 0 Å². The summed E-state index contributed by atoms with van der Waals surface area (Å²) in [5.41, 5.74) is 0. The molecule has 106 valence electrons. The van der Waals surface area contributed by atoms with E-state index in [2.05, 4.69) is 30.4 Å². The molecule has 5 nitrogen and oxygen atoms in total. The fourth-order valence-corrected chi connectivity index (χ4v) is 4.25. The van der Waals surface area contributed by atoms with Crippen molar-refractivity contribution >= 4 is 10.0 Å². The third-order valence-electron chi connectivity index (χ3n) is 4.01. The van der Waals surface area contributed by atoms with Crippen LogP contribution in [-0.2, 0) is 14.8 Å². The molecule has 0 radical (unpaired) electrons. The number of nitrogens with one attached hydrogen (secondary N) is 1. The predicted octanol–water partition coefficient (Wildman–Crippen LogP) is 0.423. The first-order chi connectivity index (χ1) is 8.40. The van der Waals surface area contributed by atoms with Gasteiger partial charge in [0.25, 0.3) is 0 Å². The van der Waals surface area contributed by atoms with E-state index in [9.17, 15) is 8.42 Å². The van der Waals surface area contributed by atoms with Gasteiger partial charge in [-0.15, -0.1) is 0 Å². The van der Waals surface area contributed by atoms with E-state index in [1.54, 1.807) is 0 Å². The maximum atomic E-state index is 12.2. The fraction of sp³-hybridized carbons (Fsp3) is 1.00. The minimum atomic E-state index is -3.23. The Morgan fingerprint density at radius 1 is 1.33 bits per heavy atom. The van der Waals surface area contributed by atoms with E-state index in [0.29, 0.717) is 31.6 Å². The SMILES string of the molecule is CC(C)N1C[C@@H](C)[C@H](NS(=O)(=O)[C@@H]2CCOC2)C1. The second-order valence-corrected chi connectivity index (χ2v) is 7.77. The van der Waals surface area contributed by atoms with Crippen LogP contribution < -0.4 is 4.72 Å². The minimum absolute atomic E-state index is 0.0398. The van der Waals surface area contributed by atoms with Crippen LogP contribution in [0, 0.1) is 5.92 Å². The van der Waals surface area contributed by atoms with Crippen molar-refractivity contribution in [3.63, 3.8) is 0 Å². The number of likely N-dealkylation sites (tertiary alicyclic amines) is 1. The molecular formula is C12H24N2O3S. The van der Waals surface area contributed by atoms with Gasteiger partial charge in [-0.3, -0.25) is 4.90 Å². The maximum absolute atomic E-state index is 12.2. The van der Waals surface area contributed by atoms with E-state index in [0.717, 1.165) is 13.1 Å². The molecule has 0 amide bonds. The largest absolute Gasteiger partial charge is 0.380 e. The molecule has 0 spiro atoms. The summed E-state index contributed by atoms with van der Waals surface area (Å²) in [7, 11) is -3.23. The van der Waals surface area contributed by atoms with Crippen molar-refractivity contribution in [2.24, 2.45) is 5.92 Å². The summed E-state index contributed by atoms with van der Waals surface area (Å²) < 4.78 is 32.4. The van der Waals surface area contributed by atoms with Gasteiger partial charge in [-0.25, -0.2) is 13.1 Å². The number of ether oxygens (including phenoxy) is 1. The molecule has 0 bridgehead atoms. The van der Waals surface area contributed by atoms with Crippen LogP contribution in [0.3, 0.4) is 0 Å². The lowest BCUT2D eigenvalue weighted by atomic mass is 10.1. The highest BCUT2D eigenvalue weighted by Gasteiger charge is 2.37. The van der Waals surface area contributed by atoms with Gasteiger partial charge in [-0.05, 0) is 26.2 Å². The summed E-state index contributed by atoms with van der Waals surface area (Å²) in [6, 6.07) is 0.509. The number of nitrogens with zero attached hydrogens (tertiary/aromatic N) is 1. The zero-order valence-corrected chi connectivity index (χ0v) is 12.2. The Bertz CT molecular complexity index is 377. The first-order valence-electron chi connectivity index (χ1n) is 6.73. The second-order valence-electron chi connectivity index (χ2n) is 5.78. The van der Waals surface area contributed by atoms with Crippen molar-refractivity contribution < 1.29 is 13.2 Å². The molecule has 0 aromatic rings. The van der Waals surface area contributed by atoms with E-state index in [4.69, 9.17) is 4.74 Å². The first-order valence-corrected chi connectivity index (χ1v) is 8.27. The summed E-state index contributed by atoms with van der Waals surface area (Å²) in [5, 5.41) is -0.363.